The van der Waals surface area contributed by atoms with Crippen molar-refractivity contribution >= 4 is 5.97 Å². The molecule has 1 N–H and O–H groups in total. The summed E-state index contributed by atoms with van der Waals surface area (Å²) in [5, 5.41) is 0. The van der Waals surface area contributed by atoms with Crippen molar-refractivity contribution < 1.29 is 9.53 Å². The number of nitrogens with one attached hydrogen (secondary N) is 1. The van der Waals surface area contributed by atoms with Crippen LogP contribution in [-0.2, 0) is 11.2 Å². The van der Waals surface area contributed by atoms with Crippen LogP contribution in [0.25, 0.3) is 11.3 Å². The number of aromatic nitrogens is 1. The van der Waals surface area contributed by atoms with Crippen molar-refractivity contribution in [3.8, 4) is 11.3 Å². The number of carbonyl (C=O) groups excluding carboxylic acids is 1. The summed E-state index contributed by atoms with van der Waals surface area (Å²) in [5.74, 6) is -0.332. The Hall–Kier alpha value is -2.03. The van der Waals surface area contributed by atoms with Crippen molar-refractivity contribution in [2.24, 2.45) is 0 Å². The fourth-order valence-electron chi connectivity index (χ4n) is 1.86. The molecule has 0 aliphatic heterocycles. The van der Waals surface area contributed by atoms with Crippen molar-refractivity contribution in [2.45, 2.75) is 13.3 Å². The largest absolute Gasteiger partial charge is 0.464 e. The van der Waals surface area contributed by atoms with Gasteiger partial charge in [0.2, 0.25) is 0 Å². The van der Waals surface area contributed by atoms with Crippen LogP contribution in [0.4, 0.5) is 0 Å². The minimum absolute atomic E-state index is 0.332. The zero-order chi connectivity index (χ0) is 12.3. The zero-order valence-corrected chi connectivity index (χ0v) is 9.99. The molecule has 1 heterocycles. The van der Waals surface area contributed by atoms with Crippen LogP contribution in [0.5, 0.6) is 0 Å². The first kappa shape index (κ1) is 11.5. The van der Waals surface area contributed by atoms with Crippen LogP contribution in [0.3, 0.4) is 0 Å². The molecule has 1 aromatic carbocycles. The molecule has 0 saturated heterocycles. The molecule has 0 amide bonds. The fourth-order valence-corrected chi connectivity index (χ4v) is 1.86. The number of hydrogen-bond donors (Lipinski definition) is 1. The van der Waals surface area contributed by atoms with Gasteiger partial charge in [-0.25, -0.2) is 4.79 Å². The van der Waals surface area contributed by atoms with E-state index in [4.69, 9.17) is 4.74 Å². The van der Waals surface area contributed by atoms with Gasteiger partial charge in [0.05, 0.1) is 7.11 Å². The molecule has 2 aromatic rings. The standard InChI is InChI=1S/C14H15NO2/c1-3-10-9-12(14(16)17-2)15-13(10)11-7-5-4-6-8-11/h4-9,15H,3H2,1-2H3. The summed E-state index contributed by atoms with van der Waals surface area (Å²) in [6.07, 6.45) is 0.873. The van der Waals surface area contributed by atoms with E-state index in [1.807, 2.05) is 36.4 Å². The monoisotopic (exact) mass is 229 g/mol. The summed E-state index contributed by atoms with van der Waals surface area (Å²) < 4.78 is 4.71. The minimum Gasteiger partial charge on any atom is -0.464 e. The van der Waals surface area contributed by atoms with E-state index in [0.717, 1.165) is 23.2 Å². The van der Waals surface area contributed by atoms with Crippen LogP contribution >= 0.6 is 0 Å². The van der Waals surface area contributed by atoms with Crippen molar-refractivity contribution in [3.05, 3.63) is 47.7 Å². The van der Waals surface area contributed by atoms with Crippen LogP contribution in [0.2, 0.25) is 0 Å². The third-order valence-corrected chi connectivity index (χ3v) is 2.75. The topological polar surface area (TPSA) is 42.1 Å². The molecular formula is C14H15NO2. The van der Waals surface area contributed by atoms with Crippen molar-refractivity contribution in [1.82, 2.24) is 4.98 Å². The number of carbonyl (C=O) groups is 1. The molecule has 0 aliphatic carbocycles. The number of esters is 1. The number of aromatic amines is 1. The number of hydrogen-bond acceptors (Lipinski definition) is 2. The first-order valence-corrected chi connectivity index (χ1v) is 5.62. The number of benzene rings is 1. The minimum atomic E-state index is -0.332. The van der Waals surface area contributed by atoms with E-state index < -0.39 is 0 Å². The Kier molecular flexibility index (Phi) is 3.28. The van der Waals surface area contributed by atoms with E-state index in [1.54, 1.807) is 0 Å². The van der Waals surface area contributed by atoms with E-state index in [0.29, 0.717) is 5.69 Å². The Balaban J connectivity index is 2.47. The molecule has 0 spiro atoms. The quantitative estimate of drug-likeness (QED) is 0.822. The van der Waals surface area contributed by atoms with E-state index in [-0.39, 0.29) is 5.97 Å². The number of H-pyrrole nitrogens is 1. The molecule has 88 valence electrons. The molecule has 0 radical (unpaired) electrons. The van der Waals surface area contributed by atoms with Gasteiger partial charge in [0, 0.05) is 5.69 Å². The van der Waals surface area contributed by atoms with Gasteiger partial charge in [-0.2, -0.15) is 0 Å². The molecule has 0 fully saturated rings. The second-order valence-electron chi connectivity index (χ2n) is 3.79. The number of rotatable bonds is 3. The van der Waals surface area contributed by atoms with Gasteiger partial charge in [-0.3, -0.25) is 0 Å². The van der Waals surface area contributed by atoms with E-state index >= 15 is 0 Å². The third-order valence-electron chi connectivity index (χ3n) is 2.75. The molecule has 1 aromatic heterocycles. The fraction of sp³-hybridized carbons (Fsp3) is 0.214. The lowest BCUT2D eigenvalue weighted by Gasteiger charge is -2.01. The summed E-state index contributed by atoms with van der Waals surface area (Å²) >= 11 is 0. The van der Waals surface area contributed by atoms with Gasteiger partial charge in [0.25, 0.3) is 0 Å². The van der Waals surface area contributed by atoms with Crippen molar-refractivity contribution in [1.29, 1.82) is 0 Å². The zero-order valence-electron chi connectivity index (χ0n) is 9.99. The third kappa shape index (κ3) is 2.23. The first-order valence-electron chi connectivity index (χ1n) is 5.62. The Bertz CT molecular complexity index is 514. The van der Waals surface area contributed by atoms with Crippen molar-refractivity contribution in [3.63, 3.8) is 0 Å². The van der Waals surface area contributed by atoms with Gasteiger partial charge < -0.3 is 9.72 Å². The lowest BCUT2D eigenvalue weighted by atomic mass is 10.1. The van der Waals surface area contributed by atoms with Gasteiger partial charge in [-0.1, -0.05) is 37.3 Å². The van der Waals surface area contributed by atoms with Crippen LogP contribution in [0.15, 0.2) is 36.4 Å². The lowest BCUT2D eigenvalue weighted by molar-refractivity contribution is 0.0595. The highest BCUT2D eigenvalue weighted by molar-refractivity contribution is 5.89. The van der Waals surface area contributed by atoms with Crippen LogP contribution in [0.1, 0.15) is 23.0 Å². The molecular weight excluding hydrogens is 214 g/mol. The second-order valence-corrected chi connectivity index (χ2v) is 3.79. The summed E-state index contributed by atoms with van der Waals surface area (Å²) in [6, 6.07) is 11.8. The molecule has 0 bridgehead atoms. The molecule has 17 heavy (non-hydrogen) atoms. The molecule has 0 unspecified atom stereocenters. The van der Waals surface area contributed by atoms with Crippen LogP contribution in [0, 0.1) is 0 Å². The summed E-state index contributed by atoms with van der Waals surface area (Å²) in [7, 11) is 1.39. The Labute approximate surface area is 100 Å². The summed E-state index contributed by atoms with van der Waals surface area (Å²) in [6.45, 7) is 2.07. The van der Waals surface area contributed by atoms with Crippen LogP contribution in [-0.4, -0.2) is 18.1 Å². The Morgan fingerprint density at radius 3 is 2.59 bits per heavy atom. The number of ether oxygens (including phenoxy) is 1. The highest BCUT2D eigenvalue weighted by atomic mass is 16.5. The molecule has 3 heteroatoms. The van der Waals surface area contributed by atoms with Gasteiger partial charge in [0.15, 0.2) is 0 Å². The maximum atomic E-state index is 11.5. The Morgan fingerprint density at radius 1 is 1.29 bits per heavy atom. The predicted octanol–water partition coefficient (Wildman–Crippen LogP) is 3.03. The summed E-state index contributed by atoms with van der Waals surface area (Å²) in [5.41, 5.74) is 3.70. The maximum Gasteiger partial charge on any atom is 0.354 e. The molecule has 0 aliphatic rings. The average molecular weight is 229 g/mol. The first-order chi connectivity index (χ1) is 8.26. The maximum absolute atomic E-state index is 11.5. The lowest BCUT2D eigenvalue weighted by Crippen LogP contribution is -2.00. The molecule has 3 nitrogen and oxygen atoms in total. The molecule has 0 saturated carbocycles. The number of aryl methyl sites for hydroxylation is 1. The smallest absolute Gasteiger partial charge is 0.354 e. The molecule has 2 rings (SSSR count). The second kappa shape index (κ2) is 4.87. The van der Waals surface area contributed by atoms with Gasteiger partial charge in [-0.15, -0.1) is 0 Å². The summed E-state index contributed by atoms with van der Waals surface area (Å²) in [4.78, 5) is 14.6. The van der Waals surface area contributed by atoms with Gasteiger partial charge in [-0.05, 0) is 23.6 Å². The molecule has 0 atom stereocenters. The van der Waals surface area contributed by atoms with E-state index in [1.165, 1.54) is 7.11 Å². The predicted molar refractivity (Wildman–Crippen MR) is 66.9 cm³/mol. The van der Waals surface area contributed by atoms with Gasteiger partial charge >= 0.3 is 5.97 Å². The normalized spacial score (nSPS) is 10.2. The number of methoxy groups -OCH3 is 1. The average Bonchev–Trinajstić information content (AvgIpc) is 2.83. The highest BCUT2D eigenvalue weighted by Gasteiger charge is 2.13. The van der Waals surface area contributed by atoms with Crippen LogP contribution < -0.4 is 0 Å². The van der Waals surface area contributed by atoms with Crippen molar-refractivity contribution in [2.75, 3.05) is 7.11 Å². The van der Waals surface area contributed by atoms with E-state index in [9.17, 15) is 4.79 Å². The highest BCUT2D eigenvalue weighted by Crippen LogP contribution is 2.24. The van der Waals surface area contributed by atoms with Gasteiger partial charge in [0.1, 0.15) is 5.69 Å². The van der Waals surface area contributed by atoms with E-state index in [2.05, 4.69) is 11.9 Å². The Morgan fingerprint density at radius 2 is 2.00 bits per heavy atom. The SMILES string of the molecule is CCc1cc(C(=O)OC)[nH]c1-c1ccccc1.